The topological polar surface area (TPSA) is 45.0 Å². The van der Waals surface area contributed by atoms with Crippen LogP contribution < -0.4 is 10.1 Å². The monoisotopic (exact) mass is 300 g/mol. The number of rotatable bonds is 4. The summed E-state index contributed by atoms with van der Waals surface area (Å²) in [7, 11) is 1.62. The first-order valence-electron chi connectivity index (χ1n) is 6.85. The summed E-state index contributed by atoms with van der Waals surface area (Å²) in [4.78, 5) is 2.66. The number of thiophene rings is 1. The average Bonchev–Trinajstić information content (AvgIpc) is 2.94. The van der Waals surface area contributed by atoms with Gasteiger partial charge in [0.1, 0.15) is 5.75 Å². The zero-order chi connectivity index (χ0) is 15.5. The molecular weight excluding hydrogens is 280 g/mol. The number of anilines is 1. The molecule has 21 heavy (non-hydrogen) atoms. The van der Waals surface area contributed by atoms with Crippen LogP contribution in [-0.4, -0.2) is 7.11 Å². The summed E-state index contributed by atoms with van der Waals surface area (Å²) >= 11 is 1.82. The molecule has 1 N–H and O–H groups in total. The Morgan fingerprint density at radius 1 is 1.24 bits per heavy atom. The molecule has 110 valence electrons. The van der Waals surface area contributed by atoms with Crippen LogP contribution in [0.1, 0.15) is 36.1 Å². The minimum absolute atomic E-state index is 0.190. The van der Waals surface area contributed by atoms with Crippen LogP contribution in [0, 0.1) is 11.3 Å². The number of hydrogen-bond acceptors (Lipinski definition) is 4. The van der Waals surface area contributed by atoms with E-state index in [4.69, 9.17) is 10.00 Å². The second-order valence-corrected chi connectivity index (χ2v) is 7.06. The van der Waals surface area contributed by atoms with Gasteiger partial charge in [-0.2, -0.15) is 5.26 Å². The van der Waals surface area contributed by atoms with Crippen molar-refractivity contribution in [2.45, 2.75) is 32.7 Å². The van der Waals surface area contributed by atoms with Crippen LogP contribution in [0.25, 0.3) is 0 Å². The van der Waals surface area contributed by atoms with E-state index < -0.39 is 0 Å². The number of hydrogen-bond donors (Lipinski definition) is 1. The number of methoxy groups -OCH3 is 1. The number of nitriles is 1. The molecule has 1 heterocycles. The number of benzene rings is 1. The molecule has 1 aromatic heterocycles. The molecule has 0 unspecified atom stereocenters. The lowest BCUT2D eigenvalue weighted by atomic mass is 9.95. The molecule has 0 bridgehead atoms. The van der Waals surface area contributed by atoms with Gasteiger partial charge in [-0.05, 0) is 29.7 Å². The Kier molecular flexibility index (Phi) is 4.54. The Balaban J connectivity index is 2.10. The fourth-order valence-corrected chi connectivity index (χ4v) is 2.97. The van der Waals surface area contributed by atoms with Crippen LogP contribution >= 0.6 is 11.3 Å². The molecule has 0 radical (unpaired) electrons. The Morgan fingerprint density at radius 2 is 2.00 bits per heavy atom. The molecule has 2 rings (SSSR count). The van der Waals surface area contributed by atoms with Gasteiger partial charge in [-0.25, -0.2) is 0 Å². The highest BCUT2D eigenvalue weighted by Gasteiger charge is 2.16. The van der Waals surface area contributed by atoms with Gasteiger partial charge in [0, 0.05) is 22.4 Å². The van der Waals surface area contributed by atoms with E-state index in [0.29, 0.717) is 11.3 Å². The Hall–Kier alpha value is -1.99. The molecule has 3 nitrogen and oxygen atoms in total. The lowest BCUT2D eigenvalue weighted by Gasteiger charge is -2.15. The first-order chi connectivity index (χ1) is 9.94. The smallest absolute Gasteiger partial charge is 0.143 e. The summed E-state index contributed by atoms with van der Waals surface area (Å²) in [5, 5.41) is 12.3. The van der Waals surface area contributed by atoms with E-state index in [9.17, 15) is 0 Å². The highest BCUT2D eigenvalue weighted by atomic mass is 32.1. The van der Waals surface area contributed by atoms with E-state index >= 15 is 0 Å². The maximum Gasteiger partial charge on any atom is 0.143 e. The Labute approximate surface area is 130 Å². The van der Waals surface area contributed by atoms with E-state index in [1.165, 1.54) is 9.75 Å². The lowest BCUT2D eigenvalue weighted by molar-refractivity contribution is 0.416. The molecule has 0 saturated heterocycles. The van der Waals surface area contributed by atoms with Crippen molar-refractivity contribution in [1.29, 1.82) is 5.26 Å². The van der Waals surface area contributed by atoms with E-state index in [1.807, 2.05) is 17.4 Å². The van der Waals surface area contributed by atoms with Crippen LogP contribution in [0.15, 0.2) is 30.3 Å². The zero-order valence-corrected chi connectivity index (χ0v) is 13.7. The largest absolute Gasteiger partial charge is 0.495 e. The van der Waals surface area contributed by atoms with Gasteiger partial charge in [0.2, 0.25) is 0 Å². The van der Waals surface area contributed by atoms with Crippen molar-refractivity contribution in [2.24, 2.45) is 0 Å². The third-order valence-electron chi connectivity index (χ3n) is 3.18. The molecule has 0 aliphatic heterocycles. The predicted molar refractivity (Wildman–Crippen MR) is 88.1 cm³/mol. The third-order valence-corrected chi connectivity index (χ3v) is 4.70. The zero-order valence-electron chi connectivity index (χ0n) is 12.9. The molecule has 0 aliphatic carbocycles. The van der Waals surface area contributed by atoms with Crippen LogP contribution in [0.4, 0.5) is 5.69 Å². The standard InChI is InChI=1S/C17H20N2OS/c1-17(2,3)16-8-6-13(21-16)11-19-14-7-5-12(10-18)9-15(14)20-4/h5-9,19H,11H2,1-4H3. The van der Waals surface area contributed by atoms with Crippen LogP contribution in [0.2, 0.25) is 0 Å². The highest BCUT2D eigenvalue weighted by Crippen LogP contribution is 2.31. The van der Waals surface area contributed by atoms with Crippen molar-refractivity contribution < 1.29 is 4.74 Å². The normalized spacial score (nSPS) is 11.0. The van der Waals surface area contributed by atoms with Gasteiger partial charge >= 0.3 is 0 Å². The first-order valence-corrected chi connectivity index (χ1v) is 7.67. The Bertz CT molecular complexity index is 662. The van der Waals surface area contributed by atoms with E-state index in [1.54, 1.807) is 19.2 Å². The SMILES string of the molecule is COc1cc(C#N)ccc1NCc1ccc(C(C)(C)C)s1. The van der Waals surface area contributed by atoms with E-state index in [2.05, 4.69) is 44.3 Å². The molecule has 0 fully saturated rings. The fourth-order valence-electron chi connectivity index (χ4n) is 1.97. The molecule has 0 amide bonds. The maximum atomic E-state index is 8.91. The summed E-state index contributed by atoms with van der Waals surface area (Å²) in [6, 6.07) is 11.9. The van der Waals surface area contributed by atoms with Crippen LogP contribution in [-0.2, 0) is 12.0 Å². The molecule has 0 spiro atoms. The summed E-state index contributed by atoms with van der Waals surface area (Å²) < 4.78 is 5.33. The number of ether oxygens (including phenoxy) is 1. The minimum atomic E-state index is 0.190. The molecular formula is C17H20N2OS. The molecule has 0 saturated carbocycles. The number of nitrogens with zero attached hydrogens (tertiary/aromatic N) is 1. The van der Waals surface area contributed by atoms with Crippen molar-refractivity contribution in [3.8, 4) is 11.8 Å². The minimum Gasteiger partial charge on any atom is -0.495 e. The highest BCUT2D eigenvalue weighted by molar-refractivity contribution is 7.12. The first kappa shape index (κ1) is 15.4. The second-order valence-electron chi connectivity index (χ2n) is 5.90. The lowest BCUT2D eigenvalue weighted by Crippen LogP contribution is -2.07. The molecule has 2 aromatic rings. The van der Waals surface area contributed by atoms with Crippen molar-refractivity contribution in [2.75, 3.05) is 12.4 Å². The number of nitrogens with one attached hydrogen (secondary N) is 1. The van der Waals surface area contributed by atoms with Gasteiger partial charge in [0.25, 0.3) is 0 Å². The Morgan fingerprint density at radius 3 is 2.57 bits per heavy atom. The average molecular weight is 300 g/mol. The van der Waals surface area contributed by atoms with Crippen LogP contribution in [0.3, 0.4) is 0 Å². The molecule has 0 aliphatic rings. The second kappa shape index (κ2) is 6.19. The summed E-state index contributed by atoms with van der Waals surface area (Å²) in [5.41, 5.74) is 1.69. The van der Waals surface area contributed by atoms with Crippen molar-refractivity contribution in [1.82, 2.24) is 0 Å². The van der Waals surface area contributed by atoms with Crippen molar-refractivity contribution >= 4 is 17.0 Å². The van der Waals surface area contributed by atoms with Gasteiger partial charge < -0.3 is 10.1 Å². The molecule has 1 aromatic carbocycles. The van der Waals surface area contributed by atoms with E-state index in [-0.39, 0.29) is 5.41 Å². The van der Waals surface area contributed by atoms with Crippen LogP contribution in [0.5, 0.6) is 5.75 Å². The van der Waals surface area contributed by atoms with Crippen molar-refractivity contribution in [3.63, 3.8) is 0 Å². The predicted octanol–water partition coefficient (Wildman–Crippen LogP) is 4.54. The van der Waals surface area contributed by atoms with Gasteiger partial charge in [0.15, 0.2) is 0 Å². The van der Waals surface area contributed by atoms with Gasteiger partial charge in [-0.3, -0.25) is 0 Å². The third kappa shape index (κ3) is 3.77. The quantitative estimate of drug-likeness (QED) is 0.901. The van der Waals surface area contributed by atoms with E-state index in [0.717, 1.165) is 12.2 Å². The summed E-state index contributed by atoms with van der Waals surface area (Å²) in [6.45, 7) is 7.42. The van der Waals surface area contributed by atoms with Gasteiger partial charge in [0.05, 0.1) is 24.4 Å². The van der Waals surface area contributed by atoms with Gasteiger partial charge in [-0.15, -0.1) is 11.3 Å². The van der Waals surface area contributed by atoms with Crippen molar-refractivity contribution in [3.05, 3.63) is 45.6 Å². The summed E-state index contributed by atoms with van der Waals surface area (Å²) in [6.07, 6.45) is 0. The van der Waals surface area contributed by atoms with Gasteiger partial charge in [-0.1, -0.05) is 20.8 Å². The maximum absolute atomic E-state index is 8.91. The molecule has 0 atom stereocenters. The molecule has 4 heteroatoms. The summed E-state index contributed by atoms with van der Waals surface area (Å²) in [5.74, 6) is 0.696. The fraction of sp³-hybridized carbons (Fsp3) is 0.353.